The molecule has 0 radical (unpaired) electrons. The summed E-state index contributed by atoms with van der Waals surface area (Å²) >= 11 is 1.51. The van der Waals surface area contributed by atoms with E-state index in [4.69, 9.17) is 10.5 Å². The van der Waals surface area contributed by atoms with Crippen molar-refractivity contribution in [2.75, 3.05) is 32.0 Å². The van der Waals surface area contributed by atoms with Gasteiger partial charge >= 0.3 is 0 Å². The number of carbonyl (C=O) groups excluding carboxylic acids is 1. The van der Waals surface area contributed by atoms with Gasteiger partial charge in [0.1, 0.15) is 0 Å². The second-order valence-corrected chi connectivity index (χ2v) is 6.23. The monoisotopic (exact) mass is 280 g/mol. The highest BCUT2D eigenvalue weighted by molar-refractivity contribution is 7.14. The fourth-order valence-electron chi connectivity index (χ4n) is 3.08. The zero-order chi connectivity index (χ0) is 13.2. The summed E-state index contributed by atoms with van der Waals surface area (Å²) in [4.78, 5) is 14.5. The van der Waals surface area contributed by atoms with Crippen LogP contribution in [0.15, 0.2) is 5.38 Å². The maximum atomic E-state index is 12.7. The van der Waals surface area contributed by atoms with Crippen LogP contribution < -0.4 is 5.73 Å². The van der Waals surface area contributed by atoms with E-state index in [1.807, 2.05) is 4.90 Å². The fraction of sp³-hybridized carbons (Fsp3) is 0.643. The van der Waals surface area contributed by atoms with Crippen molar-refractivity contribution in [1.29, 1.82) is 0 Å². The Hall–Kier alpha value is -1.07. The molecule has 3 rings (SSSR count). The third-order valence-electron chi connectivity index (χ3n) is 4.16. The Kier molecular flexibility index (Phi) is 3.75. The van der Waals surface area contributed by atoms with Gasteiger partial charge in [0.15, 0.2) is 0 Å². The lowest BCUT2D eigenvalue weighted by Gasteiger charge is -2.27. The summed E-state index contributed by atoms with van der Waals surface area (Å²) in [5, 5.41) is 2.78. The number of rotatable bonds is 2. The number of anilines is 1. The lowest BCUT2D eigenvalue weighted by molar-refractivity contribution is 0.0303. The number of nitrogen functional groups attached to an aromatic ring is 1. The predicted molar refractivity (Wildman–Crippen MR) is 76.7 cm³/mol. The summed E-state index contributed by atoms with van der Waals surface area (Å²) < 4.78 is 5.30. The zero-order valence-electron chi connectivity index (χ0n) is 11.1. The maximum Gasteiger partial charge on any atom is 0.257 e. The number of nitrogens with zero attached hydrogens (tertiary/aromatic N) is 1. The molecule has 4 nitrogen and oxygen atoms in total. The highest BCUT2D eigenvalue weighted by Crippen LogP contribution is 2.40. The molecule has 5 heteroatoms. The Balaban J connectivity index is 1.86. The van der Waals surface area contributed by atoms with E-state index in [2.05, 4.69) is 5.38 Å². The van der Waals surface area contributed by atoms with Crippen LogP contribution in [-0.4, -0.2) is 37.1 Å². The van der Waals surface area contributed by atoms with Crippen LogP contribution in [0.2, 0.25) is 0 Å². The van der Waals surface area contributed by atoms with E-state index in [0.717, 1.165) is 5.56 Å². The van der Waals surface area contributed by atoms with Crippen LogP contribution in [0.25, 0.3) is 0 Å². The molecule has 104 valence electrons. The number of morpholine rings is 1. The van der Waals surface area contributed by atoms with Crippen molar-refractivity contribution >= 4 is 22.2 Å². The molecule has 1 saturated heterocycles. The van der Waals surface area contributed by atoms with Gasteiger partial charge in [-0.3, -0.25) is 4.79 Å². The Morgan fingerprint density at radius 1 is 1.32 bits per heavy atom. The number of amides is 1. The fourth-order valence-corrected chi connectivity index (χ4v) is 3.96. The highest BCUT2D eigenvalue weighted by atomic mass is 32.1. The Bertz CT molecular complexity index is 460. The number of ether oxygens (including phenoxy) is 1. The van der Waals surface area contributed by atoms with Gasteiger partial charge in [-0.05, 0) is 29.7 Å². The van der Waals surface area contributed by atoms with E-state index < -0.39 is 0 Å². The van der Waals surface area contributed by atoms with Crippen molar-refractivity contribution in [1.82, 2.24) is 4.90 Å². The van der Waals surface area contributed by atoms with E-state index in [1.54, 1.807) is 0 Å². The molecule has 1 saturated carbocycles. The highest BCUT2D eigenvalue weighted by Gasteiger charge is 2.29. The standard InChI is InChI=1S/C14H20N2O2S/c15-13-12(14(17)16-5-7-18-8-6-16)11(9-19-13)10-3-1-2-4-10/h9-10H,1-8,15H2. The van der Waals surface area contributed by atoms with Crippen molar-refractivity contribution in [2.45, 2.75) is 31.6 Å². The van der Waals surface area contributed by atoms with Gasteiger partial charge in [-0.25, -0.2) is 0 Å². The number of hydrogen-bond acceptors (Lipinski definition) is 4. The van der Waals surface area contributed by atoms with Gasteiger partial charge < -0.3 is 15.4 Å². The van der Waals surface area contributed by atoms with Crippen molar-refractivity contribution < 1.29 is 9.53 Å². The second kappa shape index (κ2) is 5.51. The van der Waals surface area contributed by atoms with Crippen LogP contribution in [0.3, 0.4) is 0 Å². The van der Waals surface area contributed by atoms with Gasteiger partial charge in [-0.15, -0.1) is 11.3 Å². The minimum atomic E-state index is 0.101. The number of hydrogen-bond donors (Lipinski definition) is 1. The zero-order valence-corrected chi connectivity index (χ0v) is 11.9. The number of nitrogens with two attached hydrogens (primary N) is 1. The van der Waals surface area contributed by atoms with E-state index in [1.165, 1.54) is 42.6 Å². The largest absolute Gasteiger partial charge is 0.390 e. The lowest BCUT2D eigenvalue weighted by Crippen LogP contribution is -2.41. The summed E-state index contributed by atoms with van der Waals surface area (Å²) in [6, 6.07) is 0. The summed E-state index contributed by atoms with van der Waals surface area (Å²) in [6.07, 6.45) is 4.93. The molecule has 2 N–H and O–H groups in total. The molecule has 0 unspecified atom stereocenters. The SMILES string of the molecule is Nc1scc(C2CCCC2)c1C(=O)N1CCOCC1. The van der Waals surface area contributed by atoms with Crippen molar-refractivity contribution in [3.05, 3.63) is 16.5 Å². The van der Waals surface area contributed by atoms with Gasteiger partial charge in [0.25, 0.3) is 5.91 Å². The summed E-state index contributed by atoms with van der Waals surface area (Å²) in [5.41, 5.74) is 8.02. The van der Waals surface area contributed by atoms with Crippen molar-refractivity contribution in [2.24, 2.45) is 0 Å². The van der Waals surface area contributed by atoms with Crippen LogP contribution >= 0.6 is 11.3 Å². The van der Waals surface area contributed by atoms with Gasteiger partial charge in [0, 0.05) is 13.1 Å². The van der Waals surface area contributed by atoms with Gasteiger partial charge in [0.2, 0.25) is 0 Å². The minimum absolute atomic E-state index is 0.101. The molecule has 0 spiro atoms. The molecule has 19 heavy (non-hydrogen) atoms. The third kappa shape index (κ3) is 2.49. The van der Waals surface area contributed by atoms with Gasteiger partial charge in [-0.2, -0.15) is 0 Å². The normalized spacial score (nSPS) is 20.9. The second-order valence-electron chi connectivity index (χ2n) is 5.32. The lowest BCUT2D eigenvalue weighted by atomic mass is 9.95. The van der Waals surface area contributed by atoms with E-state index in [-0.39, 0.29) is 5.91 Å². The number of thiophene rings is 1. The molecule has 2 heterocycles. The summed E-state index contributed by atoms with van der Waals surface area (Å²) in [5.74, 6) is 0.637. The first kappa shape index (κ1) is 12.9. The molecular weight excluding hydrogens is 260 g/mol. The minimum Gasteiger partial charge on any atom is -0.390 e. The topological polar surface area (TPSA) is 55.6 Å². The van der Waals surface area contributed by atoms with Crippen molar-refractivity contribution in [3.8, 4) is 0 Å². The molecular formula is C14H20N2O2S. The first-order valence-electron chi connectivity index (χ1n) is 7.01. The first-order valence-corrected chi connectivity index (χ1v) is 7.89. The smallest absolute Gasteiger partial charge is 0.257 e. The molecule has 1 aliphatic heterocycles. The molecule has 2 fully saturated rings. The molecule has 1 aromatic heterocycles. The van der Waals surface area contributed by atoms with Gasteiger partial charge in [-0.1, -0.05) is 12.8 Å². The average molecular weight is 280 g/mol. The van der Waals surface area contributed by atoms with E-state index in [0.29, 0.717) is 37.2 Å². The van der Waals surface area contributed by atoms with E-state index >= 15 is 0 Å². The van der Waals surface area contributed by atoms with Gasteiger partial charge in [0.05, 0.1) is 23.8 Å². The van der Waals surface area contributed by atoms with Crippen LogP contribution in [-0.2, 0) is 4.74 Å². The Labute approximate surface area is 117 Å². The predicted octanol–water partition coefficient (Wildman–Crippen LogP) is 2.46. The van der Waals surface area contributed by atoms with Crippen molar-refractivity contribution in [3.63, 3.8) is 0 Å². The maximum absolute atomic E-state index is 12.7. The van der Waals surface area contributed by atoms with Crippen LogP contribution in [0.5, 0.6) is 0 Å². The molecule has 0 bridgehead atoms. The summed E-state index contributed by atoms with van der Waals surface area (Å²) in [6.45, 7) is 2.62. The molecule has 1 aromatic rings. The molecule has 1 aliphatic carbocycles. The average Bonchev–Trinajstić information content (AvgIpc) is 3.08. The molecule has 1 amide bonds. The Morgan fingerprint density at radius 3 is 2.68 bits per heavy atom. The molecule has 2 aliphatic rings. The number of carbonyl (C=O) groups is 1. The first-order chi connectivity index (χ1) is 9.27. The quantitative estimate of drug-likeness (QED) is 0.905. The molecule has 0 atom stereocenters. The van der Waals surface area contributed by atoms with Crippen LogP contribution in [0.4, 0.5) is 5.00 Å². The van der Waals surface area contributed by atoms with E-state index in [9.17, 15) is 4.79 Å². The third-order valence-corrected chi connectivity index (χ3v) is 4.98. The van der Waals surface area contributed by atoms with Crippen LogP contribution in [0, 0.1) is 0 Å². The summed E-state index contributed by atoms with van der Waals surface area (Å²) in [7, 11) is 0. The van der Waals surface area contributed by atoms with Crippen LogP contribution in [0.1, 0.15) is 47.5 Å². The Morgan fingerprint density at radius 2 is 2.00 bits per heavy atom. The molecule has 0 aromatic carbocycles.